The van der Waals surface area contributed by atoms with Gasteiger partial charge in [-0.3, -0.25) is 4.99 Å². The predicted octanol–water partition coefficient (Wildman–Crippen LogP) is 2.09. The fraction of sp³-hybridized carbons (Fsp3) is 0.929. The van der Waals surface area contributed by atoms with Crippen molar-refractivity contribution < 1.29 is 4.74 Å². The molecule has 0 amide bonds. The zero-order valence-corrected chi connectivity index (χ0v) is 12.4. The molecule has 0 radical (unpaired) electrons. The van der Waals surface area contributed by atoms with Crippen molar-refractivity contribution in [3.8, 4) is 0 Å². The topological polar surface area (TPSA) is 50.8 Å². The standard InChI is InChI=1S/C14H29N3O/c1-5-17(6-2)14(15)16-10-12-8-7-9-18-13(12)11(3)4/h11-13H,5-10H2,1-4H3,(H2,15,16). The van der Waals surface area contributed by atoms with Crippen LogP contribution in [-0.4, -0.2) is 43.2 Å². The maximum absolute atomic E-state index is 6.01. The summed E-state index contributed by atoms with van der Waals surface area (Å²) in [5.41, 5.74) is 6.01. The minimum Gasteiger partial charge on any atom is -0.378 e. The Bertz CT molecular complexity index is 262. The summed E-state index contributed by atoms with van der Waals surface area (Å²) in [5, 5.41) is 0. The highest BCUT2D eigenvalue weighted by molar-refractivity contribution is 5.77. The van der Waals surface area contributed by atoms with E-state index in [2.05, 4.69) is 37.6 Å². The molecule has 4 heteroatoms. The lowest BCUT2D eigenvalue weighted by Crippen LogP contribution is -2.39. The number of nitrogens with two attached hydrogens (primary N) is 1. The van der Waals surface area contributed by atoms with Crippen LogP contribution in [0.15, 0.2) is 4.99 Å². The van der Waals surface area contributed by atoms with Gasteiger partial charge in [0.2, 0.25) is 0 Å². The lowest BCUT2D eigenvalue weighted by Gasteiger charge is -2.33. The Morgan fingerprint density at radius 3 is 2.61 bits per heavy atom. The van der Waals surface area contributed by atoms with E-state index in [1.807, 2.05) is 0 Å². The van der Waals surface area contributed by atoms with Crippen LogP contribution < -0.4 is 5.73 Å². The van der Waals surface area contributed by atoms with E-state index in [9.17, 15) is 0 Å². The highest BCUT2D eigenvalue weighted by atomic mass is 16.5. The van der Waals surface area contributed by atoms with Gasteiger partial charge in [-0.05, 0) is 32.6 Å². The molecule has 0 aromatic heterocycles. The minimum atomic E-state index is 0.340. The molecule has 0 aromatic rings. The summed E-state index contributed by atoms with van der Waals surface area (Å²) in [6.07, 6.45) is 2.69. The number of guanidine groups is 1. The van der Waals surface area contributed by atoms with E-state index in [4.69, 9.17) is 10.5 Å². The summed E-state index contributed by atoms with van der Waals surface area (Å²) >= 11 is 0. The number of hydrogen-bond donors (Lipinski definition) is 1. The third-order valence-electron chi connectivity index (χ3n) is 3.73. The second kappa shape index (κ2) is 7.62. The zero-order valence-electron chi connectivity index (χ0n) is 12.4. The van der Waals surface area contributed by atoms with E-state index in [0.29, 0.717) is 23.9 Å². The maximum atomic E-state index is 6.01. The Kier molecular flexibility index (Phi) is 6.47. The molecular weight excluding hydrogens is 226 g/mol. The van der Waals surface area contributed by atoms with Crippen molar-refractivity contribution in [3.05, 3.63) is 0 Å². The van der Waals surface area contributed by atoms with Gasteiger partial charge in [-0.1, -0.05) is 13.8 Å². The molecule has 0 spiro atoms. The molecule has 4 nitrogen and oxygen atoms in total. The predicted molar refractivity (Wildman–Crippen MR) is 76.7 cm³/mol. The number of aliphatic imine (C=N–C) groups is 1. The van der Waals surface area contributed by atoms with Gasteiger partial charge < -0.3 is 15.4 Å². The van der Waals surface area contributed by atoms with Crippen LogP contribution in [-0.2, 0) is 4.74 Å². The Hall–Kier alpha value is -0.770. The van der Waals surface area contributed by atoms with Crippen LogP contribution in [0, 0.1) is 11.8 Å². The average Bonchev–Trinajstić information content (AvgIpc) is 2.38. The van der Waals surface area contributed by atoms with Gasteiger partial charge in [-0.2, -0.15) is 0 Å². The maximum Gasteiger partial charge on any atom is 0.191 e. The summed E-state index contributed by atoms with van der Waals surface area (Å²) in [7, 11) is 0. The molecule has 2 atom stereocenters. The van der Waals surface area contributed by atoms with Gasteiger partial charge >= 0.3 is 0 Å². The van der Waals surface area contributed by atoms with Gasteiger partial charge in [-0.25, -0.2) is 0 Å². The summed E-state index contributed by atoms with van der Waals surface area (Å²) < 4.78 is 5.87. The third kappa shape index (κ3) is 4.16. The lowest BCUT2D eigenvalue weighted by molar-refractivity contribution is -0.0491. The van der Waals surface area contributed by atoms with Crippen LogP contribution in [0.5, 0.6) is 0 Å². The first-order valence-corrected chi connectivity index (χ1v) is 7.26. The summed E-state index contributed by atoms with van der Waals surface area (Å²) in [6.45, 7) is 12.2. The van der Waals surface area contributed by atoms with E-state index in [0.717, 1.165) is 32.7 Å². The van der Waals surface area contributed by atoms with E-state index < -0.39 is 0 Å². The largest absolute Gasteiger partial charge is 0.378 e. The fourth-order valence-electron chi connectivity index (χ4n) is 2.66. The second-order valence-electron chi connectivity index (χ2n) is 5.35. The number of hydrogen-bond acceptors (Lipinski definition) is 2. The number of ether oxygens (including phenoxy) is 1. The normalized spacial score (nSPS) is 25.5. The molecule has 2 N–H and O–H groups in total. The van der Waals surface area contributed by atoms with Crippen LogP contribution >= 0.6 is 0 Å². The first-order valence-electron chi connectivity index (χ1n) is 7.26. The Balaban J connectivity index is 2.56. The van der Waals surface area contributed by atoms with Crippen LogP contribution in [0.4, 0.5) is 0 Å². The first kappa shape index (κ1) is 15.3. The molecule has 0 bridgehead atoms. The van der Waals surface area contributed by atoms with Crippen molar-refractivity contribution in [2.24, 2.45) is 22.6 Å². The lowest BCUT2D eigenvalue weighted by atomic mass is 9.87. The summed E-state index contributed by atoms with van der Waals surface area (Å²) in [5.74, 6) is 1.75. The van der Waals surface area contributed by atoms with Gasteiger partial charge in [0, 0.05) is 32.2 Å². The van der Waals surface area contributed by atoms with Crippen molar-refractivity contribution in [3.63, 3.8) is 0 Å². The van der Waals surface area contributed by atoms with Crippen LogP contribution in [0.25, 0.3) is 0 Å². The smallest absolute Gasteiger partial charge is 0.191 e. The number of rotatable bonds is 5. The highest BCUT2D eigenvalue weighted by Gasteiger charge is 2.28. The van der Waals surface area contributed by atoms with Crippen LogP contribution in [0.1, 0.15) is 40.5 Å². The number of nitrogens with zero attached hydrogens (tertiary/aromatic N) is 2. The first-order chi connectivity index (χ1) is 8.60. The molecule has 2 unspecified atom stereocenters. The zero-order chi connectivity index (χ0) is 13.5. The molecule has 1 fully saturated rings. The van der Waals surface area contributed by atoms with E-state index in [-0.39, 0.29) is 0 Å². The molecule has 1 rings (SSSR count). The fourth-order valence-corrected chi connectivity index (χ4v) is 2.66. The van der Waals surface area contributed by atoms with Crippen LogP contribution in [0.3, 0.4) is 0 Å². The Morgan fingerprint density at radius 2 is 2.06 bits per heavy atom. The molecule has 106 valence electrons. The van der Waals surface area contributed by atoms with Crippen LogP contribution in [0.2, 0.25) is 0 Å². The van der Waals surface area contributed by atoms with Crippen molar-refractivity contribution in [2.45, 2.75) is 46.6 Å². The third-order valence-corrected chi connectivity index (χ3v) is 3.73. The van der Waals surface area contributed by atoms with Gasteiger partial charge in [0.15, 0.2) is 5.96 Å². The van der Waals surface area contributed by atoms with Gasteiger partial charge in [0.05, 0.1) is 6.10 Å². The van der Waals surface area contributed by atoms with E-state index in [1.165, 1.54) is 6.42 Å². The van der Waals surface area contributed by atoms with Crippen molar-refractivity contribution in [1.29, 1.82) is 0 Å². The van der Waals surface area contributed by atoms with Gasteiger partial charge in [0.25, 0.3) is 0 Å². The molecule has 0 saturated carbocycles. The summed E-state index contributed by atoms with van der Waals surface area (Å²) in [4.78, 5) is 6.65. The second-order valence-corrected chi connectivity index (χ2v) is 5.35. The Labute approximate surface area is 112 Å². The quantitative estimate of drug-likeness (QED) is 0.604. The molecular formula is C14H29N3O. The van der Waals surface area contributed by atoms with Crippen molar-refractivity contribution in [1.82, 2.24) is 4.90 Å². The van der Waals surface area contributed by atoms with Gasteiger partial charge in [0.1, 0.15) is 0 Å². The molecule has 0 aliphatic carbocycles. The molecule has 18 heavy (non-hydrogen) atoms. The van der Waals surface area contributed by atoms with Crippen molar-refractivity contribution in [2.75, 3.05) is 26.2 Å². The Morgan fingerprint density at radius 1 is 1.39 bits per heavy atom. The molecule has 1 aliphatic heterocycles. The molecule has 1 saturated heterocycles. The van der Waals surface area contributed by atoms with E-state index >= 15 is 0 Å². The molecule has 1 aliphatic rings. The SMILES string of the molecule is CCN(CC)C(N)=NCC1CCCOC1C(C)C. The molecule has 1 heterocycles. The molecule has 0 aromatic carbocycles. The van der Waals surface area contributed by atoms with Gasteiger partial charge in [-0.15, -0.1) is 0 Å². The summed E-state index contributed by atoms with van der Waals surface area (Å²) in [6, 6.07) is 0. The average molecular weight is 255 g/mol. The van der Waals surface area contributed by atoms with Crippen molar-refractivity contribution >= 4 is 5.96 Å². The minimum absolute atomic E-state index is 0.340. The highest BCUT2D eigenvalue weighted by Crippen LogP contribution is 2.26. The monoisotopic (exact) mass is 255 g/mol. The van der Waals surface area contributed by atoms with E-state index in [1.54, 1.807) is 0 Å².